The van der Waals surface area contributed by atoms with Gasteiger partial charge >= 0.3 is 5.66 Å². The predicted octanol–water partition coefficient (Wildman–Crippen LogP) is 1.49. The normalized spacial score (nSPS) is 24.4. The van der Waals surface area contributed by atoms with Crippen LogP contribution >= 0.6 is 0 Å². The fraction of sp³-hybridized carbons (Fsp3) is 0.200. The average molecular weight is 190 g/mol. The highest BCUT2D eigenvalue weighted by Crippen LogP contribution is 2.31. The van der Waals surface area contributed by atoms with Crippen molar-refractivity contribution in [2.75, 3.05) is 0 Å². The van der Waals surface area contributed by atoms with Gasteiger partial charge in [-0.15, -0.1) is 0 Å². The lowest BCUT2D eigenvalue weighted by Crippen LogP contribution is -2.45. The van der Waals surface area contributed by atoms with Gasteiger partial charge in [0.15, 0.2) is 0 Å². The van der Waals surface area contributed by atoms with E-state index in [1.165, 1.54) is 0 Å². The lowest BCUT2D eigenvalue weighted by atomic mass is 9.88. The Balaban J connectivity index is 2.61. The number of nitrogens with zero attached hydrogens (tertiary/aromatic N) is 1. The van der Waals surface area contributed by atoms with Crippen molar-refractivity contribution in [3.05, 3.63) is 51.6 Å². The standard InChI is InChI=1S/C10H10N2O2/c11-10(12(13)14)7-3-5-8-4-1-2-6-9(8)10/h1-6H,7,11H2. The van der Waals surface area contributed by atoms with E-state index in [9.17, 15) is 10.1 Å². The summed E-state index contributed by atoms with van der Waals surface area (Å²) in [5, 5.41) is 10.9. The number of rotatable bonds is 1. The highest BCUT2D eigenvalue weighted by molar-refractivity contribution is 5.58. The highest BCUT2D eigenvalue weighted by Gasteiger charge is 2.42. The Bertz CT molecular complexity index is 414. The van der Waals surface area contributed by atoms with Crippen molar-refractivity contribution in [1.82, 2.24) is 0 Å². The van der Waals surface area contributed by atoms with Crippen LogP contribution in [-0.4, -0.2) is 4.92 Å². The van der Waals surface area contributed by atoms with Gasteiger partial charge in [-0.1, -0.05) is 30.4 Å². The molecule has 4 nitrogen and oxygen atoms in total. The molecule has 0 bridgehead atoms. The molecule has 72 valence electrons. The van der Waals surface area contributed by atoms with E-state index in [-0.39, 0.29) is 6.42 Å². The van der Waals surface area contributed by atoms with E-state index in [0.29, 0.717) is 5.56 Å². The molecule has 0 radical (unpaired) electrons. The second-order valence-corrected chi connectivity index (χ2v) is 3.38. The van der Waals surface area contributed by atoms with Crippen LogP contribution in [0.1, 0.15) is 17.5 Å². The Labute approximate surface area is 81.2 Å². The highest BCUT2D eigenvalue weighted by atomic mass is 16.6. The number of hydrogen-bond acceptors (Lipinski definition) is 3. The van der Waals surface area contributed by atoms with E-state index in [1.54, 1.807) is 18.2 Å². The van der Waals surface area contributed by atoms with Crippen LogP contribution in [-0.2, 0) is 5.66 Å². The van der Waals surface area contributed by atoms with E-state index in [1.807, 2.05) is 18.2 Å². The van der Waals surface area contributed by atoms with Crippen molar-refractivity contribution in [3.63, 3.8) is 0 Å². The summed E-state index contributed by atoms with van der Waals surface area (Å²) in [4.78, 5) is 10.5. The zero-order valence-corrected chi connectivity index (χ0v) is 7.51. The molecule has 1 aromatic rings. The van der Waals surface area contributed by atoms with E-state index in [0.717, 1.165) is 5.56 Å². The SMILES string of the molecule is NC1([N+](=O)[O-])CC=Cc2ccccc21. The predicted molar refractivity (Wildman–Crippen MR) is 53.0 cm³/mol. The molecule has 0 spiro atoms. The summed E-state index contributed by atoms with van der Waals surface area (Å²) in [7, 11) is 0. The molecule has 4 heteroatoms. The molecule has 0 fully saturated rings. The van der Waals surface area contributed by atoms with Gasteiger partial charge in [0.2, 0.25) is 0 Å². The molecule has 1 aromatic carbocycles. The molecule has 0 heterocycles. The van der Waals surface area contributed by atoms with Crippen LogP contribution < -0.4 is 5.73 Å². The van der Waals surface area contributed by atoms with Crippen molar-refractivity contribution in [2.24, 2.45) is 5.73 Å². The van der Waals surface area contributed by atoms with E-state index in [4.69, 9.17) is 5.73 Å². The summed E-state index contributed by atoms with van der Waals surface area (Å²) in [6, 6.07) is 7.15. The molecule has 14 heavy (non-hydrogen) atoms. The van der Waals surface area contributed by atoms with Crippen LogP contribution in [0.15, 0.2) is 30.3 Å². The third-order valence-electron chi connectivity index (χ3n) is 2.48. The minimum absolute atomic E-state index is 0.247. The summed E-state index contributed by atoms with van der Waals surface area (Å²) < 4.78 is 0. The molecule has 1 aliphatic rings. The first kappa shape index (κ1) is 8.90. The number of nitrogens with two attached hydrogens (primary N) is 1. The Morgan fingerprint density at radius 1 is 1.43 bits per heavy atom. The number of hydrogen-bond donors (Lipinski definition) is 1. The molecule has 2 rings (SSSR count). The first-order valence-corrected chi connectivity index (χ1v) is 4.34. The number of fused-ring (bicyclic) bond motifs is 1. The maximum absolute atomic E-state index is 10.9. The Morgan fingerprint density at radius 3 is 2.86 bits per heavy atom. The topological polar surface area (TPSA) is 69.2 Å². The first-order valence-electron chi connectivity index (χ1n) is 4.34. The van der Waals surface area contributed by atoms with E-state index >= 15 is 0 Å². The van der Waals surface area contributed by atoms with Gasteiger partial charge in [-0.05, 0) is 11.6 Å². The molecule has 0 aromatic heterocycles. The molecule has 0 amide bonds. The van der Waals surface area contributed by atoms with Gasteiger partial charge in [-0.2, -0.15) is 0 Å². The van der Waals surface area contributed by atoms with Crippen molar-refractivity contribution >= 4 is 6.08 Å². The minimum atomic E-state index is -1.45. The van der Waals surface area contributed by atoms with Crippen LogP contribution in [0.5, 0.6) is 0 Å². The fourth-order valence-electron chi connectivity index (χ4n) is 1.68. The average Bonchev–Trinajstić information content (AvgIpc) is 2.18. The second kappa shape index (κ2) is 2.92. The molecule has 1 unspecified atom stereocenters. The van der Waals surface area contributed by atoms with Crippen LogP contribution in [0.3, 0.4) is 0 Å². The van der Waals surface area contributed by atoms with E-state index < -0.39 is 10.6 Å². The quantitative estimate of drug-likeness (QED) is 0.414. The number of benzene rings is 1. The van der Waals surface area contributed by atoms with Crippen molar-refractivity contribution in [3.8, 4) is 0 Å². The van der Waals surface area contributed by atoms with Gasteiger partial charge in [0.25, 0.3) is 0 Å². The van der Waals surface area contributed by atoms with Crippen molar-refractivity contribution < 1.29 is 4.92 Å². The summed E-state index contributed by atoms with van der Waals surface area (Å²) in [5.41, 5.74) is 5.73. The second-order valence-electron chi connectivity index (χ2n) is 3.38. The molecule has 1 aliphatic carbocycles. The van der Waals surface area contributed by atoms with Gasteiger partial charge in [0.05, 0.1) is 12.0 Å². The Morgan fingerprint density at radius 2 is 2.14 bits per heavy atom. The lowest BCUT2D eigenvalue weighted by Gasteiger charge is -2.24. The van der Waals surface area contributed by atoms with Gasteiger partial charge in [0, 0.05) is 4.92 Å². The van der Waals surface area contributed by atoms with Crippen LogP contribution in [0, 0.1) is 10.1 Å². The lowest BCUT2D eigenvalue weighted by molar-refractivity contribution is -0.578. The monoisotopic (exact) mass is 190 g/mol. The van der Waals surface area contributed by atoms with Gasteiger partial charge in [-0.3, -0.25) is 15.8 Å². The molecule has 0 saturated heterocycles. The van der Waals surface area contributed by atoms with Crippen LogP contribution in [0.4, 0.5) is 0 Å². The van der Waals surface area contributed by atoms with E-state index in [2.05, 4.69) is 0 Å². The minimum Gasteiger partial charge on any atom is -0.262 e. The Hall–Kier alpha value is -1.68. The smallest absolute Gasteiger partial charge is 0.262 e. The van der Waals surface area contributed by atoms with Gasteiger partial charge in [-0.25, -0.2) is 0 Å². The van der Waals surface area contributed by atoms with Crippen LogP contribution in [0.2, 0.25) is 0 Å². The fourth-order valence-corrected chi connectivity index (χ4v) is 1.68. The summed E-state index contributed by atoms with van der Waals surface area (Å²) in [6.45, 7) is 0. The molecule has 2 N–H and O–H groups in total. The molecular weight excluding hydrogens is 180 g/mol. The molecule has 0 aliphatic heterocycles. The summed E-state index contributed by atoms with van der Waals surface area (Å²) >= 11 is 0. The first-order chi connectivity index (χ1) is 6.64. The third-order valence-corrected chi connectivity index (χ3v) is 2.48. The van der Waals surface area contributed by atoms with Crippen molar-refractivity contribution in [1.29, 1.82) is 0 Å². The maximum atomic E-state index is 10.9. The van der Waals surface area contributed by atoms with Crippen LogP contribution in [0.25, 0.3) is 6.08 Å². The van der Waals surface area contributed by atoms with Gasteiger partial charge < -0.3 is 0 Å². The summed E-state index contributed by atoms with van der Waals surface area (Å²) in [6.07, 6.45) is 3.85. The third kappa shape index (κ3) is 1.12. The number of nitro groups is 1. The van der Waals surface area contributed by atoms with Gasteiger partial charge in [0.1, 0.15) is 0 Å². The van der Waals surface area contributed by atoms with Crippen molar-refractivity contribution in [2.45, 2.75) is 12.1 Å². The largest absolute Gasteiger partial charge is 0.302 e. The Kier molecular flexibility index (Phi) is 1.86. The molecular formula is C10H10N2O2. The zero-order valence-electron chi connectivity index (χ0n) is 7.51. The zero-order chi connectivity index (χ0) is 10.2. The molecule has 1 atom stereocenters. The molecule has 0 saturated carbocycles. The maximum Gasteiger partial charge on any atom is 0.302 e. The summed E-state index contributed by atoms with van der Waals surface area (Å²) in [5.74, 6) is 0.